The van der Waals surface area contributed by atoms with Gasteiger partial charge in [-0.3, -0.25) is 9.59 Å². The molecule has 3 aromatic rings. The van der Waals surface area contributed by atoms with E-state index in [1.165, 1.54) is 17.9 Å². The van der Waals surface area contributed by atoms with Crippen LogP contribution in [-0.4, -0.2) is 62.0 Å². The predicted molar refractivity (Wildman–Crippen MR) is 124 cm³/mol. The molecule has 0 aromatic heterocycles. The van der Waals surface area contributed by atoms with Gasteiger partial charge in [0.25, 0.3) is 5.91 Å². The highest BCUT2D eigenvalue weighted by atomic mass is 16.5. The lowest BCUT2D eigenvalue weighted by Crippen LogP contribution is -2.50. The van der Waals surface area contributed by atoms with E-state index in [9.17, 15) is 9.59 Å². The first-order valence-corrected chi connectivity index (χ1v) is 10.9. The van der Waals surface area contributed by atoms with Gasteiger partial charge in [0, 0.05) is 38.7 Å². The highest BCUT2D eigenvalue weighted by Crippen LogP contribution is 2.26. The van der Waals surface area contributed by atoms with Crippen LogP contribution in [0.15, 0.2) is 60.7 Å². The standard InChI is InChI=1S/C26H28N2O4/c1-31-22-10-11-23(24(18-22)32-2)26(30)28-15-13-27(14-16-28)25(29)12-8-19-7-9-20-5-3-4-6-21(20)17-19/h3-7,9-11,17-18H,8,12-16H2,1-2H3. The van der Waals surface area contributed by atoms with Crippen molar-refractivity contribution in [2.75, 3.05) is 40.4 Å². The van der Waals surface area contributed by atoms with Crippen molar-refractivity contribution in [3.63, 3.8) is 0 Å². The van der Waals surface area contributed by atoms with E-state index in [4.69, 9.17) is 9.47 Å². The normalized spacial score (nSPS) is 13.8. The van der Waals surface area contributed by atoms with Crippen LogP contribution in [0.1, 0.15) is 22.3 Å². The molecule has 1 fully saturated rings. The molecular formula is C26H28N2O4. The zero-order chi connectivity index (χ0) is 22.5. The van der Waals surface area contributed by atoms with Gasteiger partial charge in [0.15, 0.2) is 0 Å². The lowest BCUT2D eigenvalue weighted by Gasteiger charge is -2.35. The third-order valence-corrected chi connectivity index (χ3v) is 6.00. The van der Waals surface area contributed by atoms with Crippen LogP contribution >= 0.6 is 0 Å². The SMILES string of the molecule is COc1ccc(C(=O)N2CCN(C(=O)CCc3ccc4ccccc4c3)CC2)c(OC)c1. The van der Waals surface area contributed by atoms with Gasteiger partial charge in [0.05, 0.1) is 19.8 Å². The zero-order valence-corrected chi connectivity index (χ0v) is 18.5. The molecule has 6 heteroatoms. The quantitative estimate of drug-likeness (QED) is 0.595. The molecule has 0 unspecified atom stereocenters. The second-order valence-corrected chi connectivity index (χ2v) is 7.92. The maximum absolute atomic E-state index is 13.0. The Hall–Kier alpha value is -3.54. The third kappa shape index (κ3) is 4.69. The van der Waals surface area contributed by atoms with Crippen LogP contribution in [0.5, 0.6) is 11.5 Å². The number of amides is 2. The molecule has 1 aliphatic rings. The summed E-state index contributed by atoms with van der Waals surface area (Å²) in [6.07, 6.45) is 1.18. The summed E-state index contributed by atoms with van der Waals surface area (Å²) in [6.45, 7) is 2.10. The average Bonchev–Trinajstić information content (AvgIpc) is 2.86. The van der Waals surface area contributed by atoms with Crippen molar-refractivity contribution in [3.8, 4) is 11.5 Å². The second-order valence-electron chi connectivity index (χ2n) is 7.92. The fraction of sp³-hybridized carbons (Fsp3) is 0.308. The fourth-order valence-electron chi connectivity index (χ4n) is 4.11. The first-order chi connectivity index (χ1) is 15.6. The summed E-state index contributed by atoms with van der Waals surface area (Å²) in [5.41, 5.74) is 1.67. The van der Waals surface area contributed by atoms with Gasteiger partial charge < -0.3 is 19.3 Å². The number of hydrogen-bond acceptors (Lipinski definition) is 4. The predicted octanol–water partition coefficient (Wildman–Crippen LogP) is 3.77. The first-order valence-electron chi connectivity index (χ1n) is 10.9. The van der Waals surface area contributed by atoms with E-state index in [2.05, 4.69) is 30.3 Å². The van der Waals surface area contributed by atoms with Crippen LogP contribution < -0.4 is 9.47 Å². The van der Waals surface area contributed by atoms with Crippen molar-refractivity contribution in [1.82, 2.24) is 9.80 Å². The zero-order valence-electron chi connectivity index (χ0n) is 18.5. The molecule has 4 rings (SSSR count). The van der Waals surface area contributed by atoms with Gasteiger partial charge in [-0.05, 0) is 34.9 Å². The minimum absolute atomic E-state index is 0.0900. The highest BCUT2D eigenvalue weighted by Gasteiger charge is 2.26. The summed E-state index contributed by atoms with van der Waals surface area (Å²) in [7, 11) is 3.12. The van der Waals surface area contributed by atoms with E-state index in [0.29, 0.717) is 56.1 Å². The second kappa shape index (κ2) is 9.73. The Bertz CT molecular complexity index is 1120. The molecule has 32 heavy (non-hydrogen) atoms. The number of hydrogen-bond donors (Lipinski definition) is 0. The van der Waals surface area contributed by atoms with Gasteiger partial charge in [-0.15, -0.1) is 0 Å². The molecule has 1 saturated heterocycles. The molecule has 0 atom stereocenters. The number of nitrogens with zero attached hydrogens (tertiary/aromatic N) is 2. The molecule has 1 aliphatic heterocycles. The Kier molecular flexibility index (Phi) is 6.59. The smallest absolute Gasteiger partial charge is 0.257 e. The van der Waals surface area contributed by atoms with Gasteiger partial charge in [0.1, 0.15) is 11.5 Å². The summed E-state index contributed by atoms with van der Waals surface area (Å²) >= 11 is 0. The summed E-state index contributed by atoms with van der Waals surface area (Å²) in [6, 6.07) is 19.8. The number of rotatable bonds is 6. The van der Waals surface area contributed by atoms with Gasteiger partial charge in [-0.25, -0.2) is 0 Å². The van der Waals surface area contributed by atoms with Crippen molar-refractivity contribution in [1.29, 1.82) is 0 Å². The highest BCUT2D eigenvalue weighted by molar-refractivity contribution is 5.97. The van der Waals surface area contributed by atoms with Gasteiger partial charge in [-0.1, -0.05) is 42.5 Å². The number of methoxy groups -OCH3 is 2. The monoisotopic (exact) mass is 432 g/mol. The molecule has 6 nitrogen and oxygen atoms in total. The van der Waals surface area contributed by atoms with Gasteiger partial charge in [0.2, 0.25) is 5.91 Å². The Morgan fingerprint density at radius 3 is 2.25 bits per heavy atom. The van der Waals surface area contributed by atoms with Crippen molar-refractivity contribution in [3.05, 3.63) is 71.8 Å². The molecule has 0 bridgehead atoms. The maximum Gasteiger partial charge on any atom is 0.257 e. The molecule has 0 saturated carbocycles. The summed E-state index contributed by atoms with van der Waals surface area (Å²) in [5, 5.41) is 2.40. The number of piperazine rings is 1. The molecule has 1 heterocycles. The first kappa shape index (κ1) is 21.7. The van der Waals surface area contributed by atoms with E-state index < -0.39 is 0 Å². The van der Waals surface area contributed by atoms with Crippen LogP contribution in [-0.2, 0) is 11.2 Å². The van der Waals surface area contributed by atoms with Crippen molar-refractivity contribution < 1.29 is 19.1 Å². The number of carbonyl (C=O) groups is 2. The molecule has 2 amide bonds. The fourth-order valence-corrected chi connectivity index (χ4v) is 4.11. The topological polar surface area (TPSA) is 59.1 Å². The van der Waals surface area contributed by atoms with Gasteiger partial charge >= 0.3 is 0 Å². The van der Waals surface area contributed by atoms with E-state index >= 15 is 0 Å². The van der Waals surface area contributed by atoms with E-state index in [1.807, 2.05) is 17.0 Å². The van der Waals surface area contributed by atoms with Crippen LogP contribution in [0.25, 0.3) is 10.8 Å². The lowest BCUT2D eigenvalue weighted by molar-refractivity contribution is -0.132. The Balaban J connectivity index is 1.32. The number of carbonyl (C=O) groups excluding carboxylic acids is 2. The molecule has 0 spiro atoms. The number of benzene rings is 3. The molecule has 0 aliphatic carbocycles. The van der Waals surface area contributed by atoms with Crippen molar-refractivity contribution >= 4 is 22.6 Å². The Morgan fingerprint density at radius 1 is 0.812 bits per heavy atom. The molecule has 0 N–H and O–H groups in total. The van der Waals surface area contributed by atoms with Crippen LogP contribution in [0.4, 0.5) is 0 Å². The minimum atomic E-state index is -0.0900. The third-order valence-electron chi connectivity index (χ3n) is 6.00. The van der Waals surface area contributed by atoms with Crippen LogP contribution in [0.3, 0.4) is 0 Å². The number of fused-ring (bicyclic) bond motifs is 1. The van der Waals surface area contributed by atoms with E-state index in [0.717, 1.165) is 5.56 Å². The minimum Gasteiger partial charge on any atom is -0.497 e. The molecule has 0 radical (unpaired) electrons. The average molecular weight is 433 g/mol. The molecule has 3 aromatic carbocycles. The summed E-state index contributed by atoms with van der Waals surface area (Å²) in [4.78, 5) is 29.3. The van der Waals surface area contributed by atoms with E-state index in [1.54, 1.807) is 30.2 Å². The van der Waals surface area contributed by atoms with Crippen molar-refractivity contribution in [2.24, 2.45) is 0 Å². The van der Waals surface area contributed by atoms with Crippen LogP contribution in [0, 0.1) is 0 Å². The molecular weight excluding hydrogens is 404 g/mol. The summed E-state index contributed by atoms with van der Waals surface area (Å²) < 4.78 is 10.6. The largest absolute Gasteiger partial charge is 0.497 e. The number of aryl methyl sites for hydroxylation is 1. The van der Waals surface area contributed by atoms with Crippen LogP contribution in [0.2, 0.25) is 0 Å². The van der Waals surface area contributed by atoms with Gasteiger partial charge in [-0.2, -0.15) is 0 Å². The molecule has 166 valence electrons. The maximum atomic E-state index is 13.0. The van der Waals surface area contributed by atoms with E-state index in [-0.39, 0.29) is 11.8 Å². The Labute approximate surface area is 188 Å². The summed E-state index contributed by atoms with van der Waals surface area (Å²) in [5.74, 6) is 1.17. The number of ether oxygens (including phenoxy) is 2. The lowest BCUT2D eigenvalue weighted by atomic mass is 10.0. The van der Waals surface area contributed by atoms with Crippen molar-refractivity contribution in [2.45, 2.75) is 12.8 Å². The Morgan fingerprint density at radius 2 is 1.53 bits per heavy atom.